The van der Waals surface area contributed by atoms with Crippen molar-refractivity contribution < 1.29 is 4.79 Å². The number of hydrogen-bond donors (Lipinski definition) is 0. The molecule has 1 amide bonds. The van der Waals surface area contributed by atoms with Gasteiger partial charge in [-0.05, 0) is 48.7 Å². The number of rotatable bonds is 7. The van der Waals surface area contributed by atoms with Crippen LogP contribution in [0.1, 0.15) is 40.5 Å². The molecule has 3 nitrogen and oxygen atoms in total. The molecule has 0 radical (unpaired) electrons. The molecular weight excluding hydrogens is 356 g/mol. The van der Waals surface area contributed by atoms with Crippen molar-refractivity contribution in [1.82, 2.24) is 9.47 Å². The number of carbonyl (C=O) groups is 1. The third kappa shape index (κ3) is 4.61. The molecule has 1 heterocycles. The maximum Gasteiger partial charge on any atom is 0.254 e. The number of aromatic nitrogens is 1. The van der Waals surface area contributed by atoms with Crippen molar-refractivity contribution in [2.75, 3.05) is 6.54 Å². The van der Waals surface area contributed by atoms with Crippen LogP contribution in [0.5, 0.6) is 0 Å². The van der Waals surface area contributed by atoms with E-state index in [1.54, 1.807) is 0 Å². The number of halogens is 1. The molecule has 0 aliphatic carbocycles. The van der Waals surface area contributed by atoms with Crippen LogP contribution in [0, 0.1) is 6.92 Å². The van der Waals surface area contributed by atoms with Crippen molar-refractivity contribution in [3.8, 4) is 0 Å². The van der Waals surface area contributed by atoms with Gasteiger partial charge >= 0.3 is 0 Å². The number of nitrogens with zero attached hydrogens (tertiary/aromatic N) is 2. The topological polar surface area (TPSA) is 25.2 Å². The highest BCUT2D eigenvalue weighted by Gasteiger charge is 2.18. The molecule has 0 unspecified atom stereocenters. The lowest BCUT2D eigenvalue weighted by molar-refractivity contribution is 0.0739. The second-order valence-corrected chi connectivity index (χ2v) is 7.17. The molecule has 0 spiro atoms. The second kappa shape index (κ2) is 8.92. The van der Waals surface area contributed by atoms with Crippen LogP contribution in [-0.4, -0.2) is 21.9 Å². The number of aryl methyl sites for hydroxylation is 1. The molecule has 3 aromatic rings. The molecule has 0 saturated carbocycles. The average molecular weight is 381 g/mol. The van der Waals surface area contributed by atoms with E-state index < -0.39 is 0 Å². The number of carbonyl (C=O) groups excluding carboxylic acids is 1. The quantitative estimate of drug-likeness (QED) is 0.527. The molecule has 1 aromatic heterocycles. The molecule has 140 valence electrons. The van der Waals surface area contributed by atoms with E-state index in [1.807, 2.05) is 72.6 Å². The van der Waals surface area contributed by atoms with E-state index in [2.05, 4.69) is 17.6 Å². The summed E-state index contributed by atoms with van der Waals surface area (Å²) in [6.45, 7) is 6.09. The van der Waals surface area contributed by atoms with Gasteiger partial charge in [-0.25, -0.2) is 0 Å². The Balaban J connectivity index is 1.82. The Hall–Kier alpha value is -2.52. The third-order valence-electron chi connectivity index (χ3n) is 4.73. The van der Waals surface area contributed by atoms with Crippen molar-refractivity contribution in [3.63, 3.8) is 0 Å². The molecule has 0 fully saturated rings. The summed E-state index contributed by atoms with van der Waals surface area (Å²) >= 11 is 6.32. The van der Waals surface area contributed by atoms with Gasteiger partial charge in [0.1, 0.15) is 0 Å². The fraction of sp³-hybridized carbons (Fsp3) is 0.261. The minimum Gasteiger partial charge on any atom is -0.345 e. The van der Waals surface area contributed by atoms with Gasteiger partial charge in [0.25, 0.3) is 5.91 Å². The van der Waals surface area contributed by atoms with Crippen molar-refractivity contribution in [2.24, 2.45) is 0 Å². The van der Waals surface area contributed by atoms with Crippen LogP contribution >= 0.6 is 11.6 Å². The van der Waals surface area contributed by atoms with E-state index in [0.717, 1.165) is 40.4 Å². The third-order valence-corrected chi connectivity index (χ3v) is 5.10. The molecule has 0 bridgehead atoms. The van der Waals surface area contributed by atoms with Crippen LogP contribution in [0.2, 0.25) is 5.02 Å². The second-order valence-electron chi connectivity index (χ2n) is 6.76. The van der Waals surface area contributed by atoms with Gasteiger partial charge in [0.2, 0.25) is 0 Å². The first kappa shape index (κ1) is 19.2. The molecule has 0 atom stereocenters. The number of benzene rings is 2. The van der Waals surface area contributed by atoms with Gasteiger partial charge in [0.15, 0.2) is 0 Å². The van der Waals surface area contributed by atoms with Crippen LogP contribution in [0.15, 0.2) is 66.9 Å². The highest BCUT2D eigenvalue weighted by molar-refractivity contribution is 6.31. The molecule has 2 aromatic carbocycles. The zero-order valence-corrected chi connectivity index (χ0v) is 16.6. The Labute approximate surface area is 166 Å². The van der Waals surface area contributed by atoms with Gasteiger partial charge in [-0.3, -0.25) is 4.79 Å². The maximum absolute atomic E-state index is 13.1. The first-order valence-electron chi connectivity index (χ1n) is 9.32. The Morgan fingerprint density at radius 1 is 1.04 bits per heavy atom. The van der Waals surface area contributed by atoms with E-state index in [0.29, 0.717) is 13.1 Å². The van der Waals surface area contributed by atoms with Crippen LogP contribution in [-0.2, 0) is 13.1 Å². The minimum absolute atomic E-state index is 0.0837. The lowest BCUT2D eigenvalue weighted by atomic mass is 10.1. The van der Waals surface area contributed by atoms with Crippen LogP contribution in [0.4, 0.5) is 0 Å². The van der Waals surface area contributed by atoms with E-state index >= 15 is 0 Å². The highest BCUT2D eigenvalue weighted by atomic mass is 35.5. The Kier molecular flexibility index (Phi) is 6.36. The van der Waals surface area contributed by atoms with Crippen LogP contribution in [0.25, 0.3) is 0 Å². The fourth-order valence-corrected chi connectivity index (χ4v) is 3.45. The summed E-state index contributed by atoms with van der Waals surface area (Å²) in [4.78, 5) is 15.0. The molecule has 4 heteroatoms. The SMILES string of the molecule is CCCN(Cc1cccn1Cc1ccccc1Cl)C(=O)c1ccccc1C. The predicted molar refractivity (Wildman–Crippen MR) is 111 cm³/mol. The summed E-state index contributed by atoms with van der Waals surface area (Å²) in [5, 5.41) is 0.763. The largest absolute Gasteiger partial charge is 0.345 e. The van der Waals surface area contributed by atoms with E-state index in [4.69, 9.17) is 11.6 Å². The zero-order chi connectivity index (χ0) is 19.2. The first-order chi connectivity index (χ1) is 13.1. The summed E-state index contributed by atoms with van der Waals surface area (Å²) < 4.78 is 2.16. The summed E-state index contributed by atoms with van der Waals surface area (Å²) in [6, 6.07) is 19.7. The lowest BCUT2D eigenvalue weighted by Gasteiger charge is -2.24. The van der Waals surface area contributed by atoms with Crippen LogP contribution < -0.4 is 0 Å². The average Bonchev–Trinajstić information content (AvgIpc) is 3.10. The molecule has 27 heavy (non-hydrogen) atoms. The zero-order valence-electron chi connectivity index (χ0n) is 15.9. The molecule has 3 rings (SSSR count). The molecule has 0 N–H and O–H groups in total. The normalized spacial score (nSPS) is 10.8. The molecular formula is C23H25ClN2O. The van der Waals surface area contributed by atoms with Gasteiger partial charge in [-0.1, -0.05) is 54.9 Å². The Morgan fingerprint density at radius 2 is 1.78 bits per heavy atom. The summed E-state index contributed by atoms with van der Waals surface area (Å²) in [5.41, 5.74) is 3.96. The van der Waals surface area contributed by atoms with Crippen molar-refractivity contribution in [3.05, 3.63) is 94.3 Å². The Morgan fingerprint density at radius 3 is 2.52 bits per heavy atom. The number of hydrogen-bond acceptors (Lipinski definition) is 1. The van der Waals surface area contributed by atoms with Gasteiger partial charge in [0, 0.05) is 35.6 Å². The summed E-state index contributed by atoms with van der Waals surface area (Å²) in [7, 11) is 0. The lowest BCUT2D eigenvalue weighted by Crippen LogP contribution is -2.32. The molecule has 0 saturated heterocycles. The van der Waals surface area contributed by atoms with Gasteiger partial charge in [-0.15, -0.1) is 0 Å². The maximum atomic E-state index is 13.1. The number of amides is 1. The predicted octanol–water partition coefficient (Wildman–Crippen LogP) is 5.55. The molecule has 0 aliphatic heterocycles. The van der Waals surface area contributed by atoms with Crippen molar-refractivity contribution in [1.29, 1.82) is 0 Å². The van der Waals surface area contributed by atoms with Crippen molar-refractivity contribution in [2.45, 2.75) is 33.4 Å². The standard InChI is InChI=1S/C23H25ClN2O/c1-3-14-26(23(27)21-12-6-4-9-18(21)2)17-20-11-8-15-25(20)16-19-10-5-7-13-22(19)24/h4-13,15H,3,14,16-17H2,1-2H3. The molecule has 0 aliphatic rings. The minimum atomic E-state index is 0.0837. The van der Waals surface area contributed by atoms with Gasteiger partial charge in [0.05, 0.1) is 6.54 Å². The highest BCUT2D eigenvalue weighted by Crippen LogP contribution is 2.19. The fourth-order valence-electron chi connectivity index (χ4n) is 3.26. The summed E-state index contributed by atoms with van der Waals surface area (Å²) in [5.74, 6) is 0.0837. The first-order valence-corrected chi connectivity index (χ1v) is 9.70. The smallest absolute Gasteiger partial charge is 0.254 e. The summed E-state index contributed by atoms with van der Waals surface area (Å²) in [6.07, 6.45) is 2.96. The van der Waals surface area contributed by atoms with Crippen LogP contribution in [0.3, 0.4) is 0 Å². The Bertz CT molecular complexity index is 916. The monoisotopic (exact) mass is 380 g/mol. The van der Waals surface area contributed by atoms with E-state index in [1.165, 1.54) is 0 Å². The van der Waals surface area contributed by atoms with Gasteiger partial charge < -0.3 is 9.47 Å². The van der Waals surface area contributed by atoms with E-state index in [-0.39, 0.29) is 5.91 Å². The van der Waals surface area contributed by atoms with Gasteiger partial charge in [-0.2, -0.15) is 0 Å². The van der Waals surface area contributed by atoms with E-state index in [9.17, 15) is 4.79 Å². The van der Waals surface area contributed by atoms with Crippen molar-refractivity contribution >= 4 is 17.5 Å².